The van der Waals surface area contributed by atoms with Crippen molar-refractivity contribution in [1.29, 1.82) is 5.26 Å². The van der Waals surface area contributed by atoms with E-state index in [0.29, 0.717) is 11.0 Å². The van der Waals surface area contributed by atoms with Crippen LogP contribution in [0.15, 0.2) is 54.1 Å². The van der Waals surface area contributed by atoms with E-state index >= 15 is 0 Å². The molecule has 0 saturated carbocycles. The summed E-state index contributed by atoms with van der Waals surface area (Å²) in [7, 11) is 0. The number of amides is 1. The fourth-order valence-electron chi connectivity index (χ4n) is 2.57. The molecule has 1 atom stereocenters. The normalized spacial score (nSPS) is 12.6. The van der Waals surface area contributed by atoms with Gasteiger partial charge < -0.3 is 0 Å². The first-order valence-electron chi connectivity index (χ1n) is 8.49. The van der Waals surface area contributed by atoms with Crippen molar-refractivity contribution in [3.8, 4) is 6.07 Å². The molecule has 0 aliphatic carbocycles. The van der Waals surface area contributed by atoms with Gasteiger partial charge in [0.05, 0.1) is 10.2 Å². The Balaban J connectivity index is 1.82. The standard InChI is InChI=1S/C21H19N3OS/c1-3-14(2)16-9-10-18-19(12-16)26-21(23-18)24-20(25)17(13-22)11-15-7-5-4-6-8-15/h4-12,14H,3H2,1-2H3,(H,23,24,25)/b17-11+. The SMILES string of the molecule is CCC(C)c1ccc2nc(NC(=O)/C(C#N)=C/c3ccccc3)sc2c1. The second-order valence-electron chi connectivity index (χ2n) is 6.09. The summed E-state index contributed by atoms with van der Waals surface area (Å²) in [6.45, 7) is 4.36. The maximum absolute atomic E-state index is 12.4. The molecule has 5 heteroatoms. The lowest BCUT2D eigenvalue weighted by atomic mass is 9.99. The Hall–Kier alpha value is -2.97. The molecule has 3 rings (SSSR count). The van der Waals surface area contributed by atoms with Crippen LogP contribution < -0.4 is 5.32 Å². The zero-order chi connectivity index (χ0) is 18.5. The molecule has 1 aromatic heterocycles. The van der Waals surface area contributed by atoms with E-state index in [1.165, 1.54) is 16.9 Å². The summed E-state index contributed by atoms with van der Waals surface area (Å²) in [6.07, 6.45) is 2.65. The van der Waals surface area contributed by atoms with Crippen LogP contribution in [0.2, 0.25) is 0 Å². The van der Waals surface area contributed by atoms with Crippen molar-refractivity contribution in [2.75, 3.05) is 5.32 Å². The summed E-state index contributed by atoms with van der Waals surface area (Å²) in [4.78, 5) is 16.9. The lowest BCUT2D eigenvalue weighted by molar-refractivity contribution is -0.112. The largest absolute Gasteiger partial charge is 0.297 e. The van der Waals surface area contributed by atoms with E-state index in [4.69, 9.17) is 0 Å². The summed E-state index contributed by atoms with van der Waals surface area (Å²) in [6, 6.07) is 17.5. The van der Waals surface area contributed by atoms with Crippen molar-refractivity contribution in [3.63, 3.8) is 0 Å². The van der Waals surface area contributed by atoms with E-state index < -0.39 is 5.91 Å². The lowest BCUT2D eigenvalue weighted by Crippen LogP contribution is -2.13. The number of fused-ring (bicyclic) bond motifs is 1. The number of thiazole rings is 1. The van der Waals surface area contributed by atoms with Gasteiger partial charge in [-0.1, -0.05) is 61.6 Å². The van der Waals surface area contributed by atoms with Gasteiger partial charge in [-0.15, -0.1) is 0 Å². The average Bonchev–Trinajstić information content (AvgIpc) is 3.07. The summed E-state index contributed by atoms with van der Waals surface area (Å²) in [5, 5.41) is 12.5. The minimum Gasteiger partial charge on any atom is -0.297 e. The fraction of sp³-hybridized carbons (Fsp3) is 0.190. The highest BCUT2D eigenvalue weighted by molar-refractivity contribution is 7.22. The second kappa shape index (κ2) is 7.94. The van der Waals surface area contributed by atoms with Crippen molar-refractivity contribution in [1.82, 2.24) is 4.98 Å². The molecule has 1 N–H and O–H groups in total. The number of carbonyl (C=O) groups excluding carboxylic acids is 1. The van der Waals surface area contributed by atoms with E-state index in [1.807, 2.05) is 42.5 Å². The molecule has 0 spiro atoms. The van der Waals surface area contributed by atoms with Crippen molar-refractivity contribution < 1.29 is 4.79 Å². The number of nitrogens with zero attached hydrogens (tertiary/aromatic N) is 2. The third-order valence-electron chi connectivity index (χ3n) is 4.29. The van der Waals surface area contributed by atoms with E-state index in [1.54, 1.807) is 6.08 Å². The molecule has 0 aliphatic heterocycles. The first kappa shape index (κ1) is 17.8. The number of nitrogens with one attached hydrogen (secondary N) is 1. The molecule has 0 aliphatic rings. The molecule has 0 fully saturated rings. The Morgan fingerprint density at radius 1 is 1.31 bits per heavy atom. The zero-order valence-electron chi connectivity index (χ0n) is 14.7. The van der Waals surface area contributed by atoms with Crippen LogP contribution in [0.5, 0.6) is 0 Å². The minimum atomic E-state index is -0.447. The third kappa shape index (κ3) is 3.98. The number of anilines is 1. The summed E-state index contributed by atoms with van der Waals surface area (Å²) >= 11 is 1.42. The summed E-state index contributed by atoms with van der Waals surface area (Å²) < 4.78 is 1.03. The van der Waals surface area contributed by atoms with Crippen LogP contribution in [0.25, 0.3) is 16.3 Å². The van der Waals surface area contributed by atoms with E-state index in [-0.39, 0.29) is 5.57 Å². The van der Waals surface area contributed by atoms with Gasteiger partial charge in [0.1, 0.15) is 11.6 Å². The molecule has 0 bridgehead atoms. The highest BCUT2D eigenvalue weighted by Crippen LogP contribution is 2.30. The van der Waals surface area contributed by atoms with Gasteiger partial charge >= 0.3 is 0 Å². The predicted octanol–water partition coefficient (Wildman–Crippen LogP) is 5.36. The second-order valence-corrected chi connectivity index (χ2v) is 7.12. The number of rotatable bonds is 5. The summed E-state index contributed by atoms with van der Waals surface area (Å²) in [5.74, 6) is 0.0381. The quantitative estimate of drug-likeness (QED) is 0.492. The number of aromatic nitrogens is 1. The molecular formula is C21H19N3OS. The Morgan fingerprint density at radius 3 is 2.77 bits per heavy atom. The number of hydrogen-bond acceptors (Lipinski definition) is 4. The molecule has 4 nitrogen and oxygen atoms in total. The van der Waals surface area contributed by atoms with Crippen molar-refractivity contribution in [2.45, 2.75) is 26.2 Å². The maximum atomic E-state index is 12.4. The Morgan fingerprint density at radius 2 is 2.08 bits per heavy atom. The van der Waals surface area contributed by atoms with Gasteiger partial charge in [-0.3, -0.25) is 10.1 Å². The van der Waals surface area contributed by atoms with Crippen molar-refractivity contribution in [2.24, 2.45) is 0 Å². The van der Waals surface area contributed by atoms with Gasteiger partial charge in [0.2, 0.25) is 0 Å². The molecule has 0 radical (unpaired) electrons. The Bertz CT molecular complexity index is 999. The monoisotopic (exact) mass is 361 g/mol. The molecule has 1 amide bonds. The molecular weight excluding hydrogens is 342 g/mol. The Kier molecular flexibility index (Phi) is 5.45. The number of nitriles is 1. The van der Waals surface area contributed by atoms with Crippen LogP contribution in [0, 0.1) is 11.3 Å². The highest BCUT2D eigenvalue weighted by atomic mass is 32.1. The van der Waals surface area contributed by atoms with Crippen molar-refractivity contribution >= 4 is 38.7 Å². The van der Waals surface area contributed by atoms with Crippen molar-refractivity contribution in [3.05, 3.63) is 65.2 Å². The highest BCUT2D eigenvalue weighted by Gasteiger charge is 2.13. The van der Waals surface area contributed by atoms with Crippen LogP contribution in [-0.4, -0.2) is 10.9 Å². The first-order chi connectivity index (χ1) is 12.6. The van der Waals surface area contributed by atoms with E-state index in [9.17, 15) is 10.1 Å². The lowest BCUT2D eigenvalue weighted by Gasteiger charge is -2.07. The Labute approximate surface area is 156 Å². The summed E-state index contributed by atoms with van der Waals surface area (Å²) in [5.41, 5.74) is 2.98. The van der Waals surface area contributed by atoms with Gasteiger partial charge in [0.15, 0.2) is 5.13 Å². The molecule has 1 heterocycles. The van der Waals surface area contributed by atoms with Gasteiger partial charge in [0.25, 0.3) is 5.91 Å². The molecule has 1 unspecified atom stereocenters. The molecule has 26 heavy (non-hydrogen) atoms. The van der Waals surface area contributed by atoms with Gasteiger partial charge in [-0.2, -0.15) is 5.26 Å². The fourth-order valence-corrected chi connectivity index (χ4v) is 3.48. The first-order valence-corrected chi connectivity index (χ1v) is 9.31. The molecule has 0 saturated heterocycles. The van der Waals surface area contributed by atoms with Crippen LogP contribution in [0.4, 0.5) is 5.13 Å². The zero-order valence-corrected chi connectivity index (χ0v) is 15.5. The van der Waals surface area contributed by atoms with E-state index in [0.717, 1.165) is 22.2 Å². The molecule has 3 aromatic rings. The van der Waals surface area contributed by atoms with Crippen LogP contribution in [-0.2, 0) is 4.79 Å². The van der Waals surface area contributed by atoms with Gasteiger partial charge in [-0.25, -0.2) is 4.98 Å². The maximum Gasteiger partial charge on any atom is 0.268 e. The van der Waals surface area contributed by atoms with E-state index in [2.05, 4.69) is 36.3 Å². The van der Waals surface area contributed by atoms with Crippen LogP contribution in [0.1, 0.15) is 37.3 Å². The predicted molar refractivity (Wildman–Crippen MR) is 107 cm³/mol. The van der Waals surface area contributed by atoms with Gasteiger partial charge in [0, 0.05) is 0 Å². The average molecular weight is 361 g/mol. The number of hydrogen-bond donors (Lipinski definition) is 1. The smallest absolute Gasteiger partial charge is 0.268 e. The number of benzene rings is 2. The molecule has 130 valence electrons. The number of carbonyl (C=O) groups is 1. The van der Waals surface area contributed by atoms with Crippen LogP contribution >= 0.6 is 11.3 Å². The van der Waals surface area contributed by atoms with Crippen LogP contribution in [0.3, 0.4) is 0 Å². The third-order valence-corrected chi connectivity index (χ3v) is 5.22. The minimum absolute atomic E-state index is 0.0516. The molecule has 2 aromatic carbocycles. The van der Waals surface area contributed by atoms with Gasteiger partial charge in [-0.05, 0) is 41.7 Å². The topological polar surface area (TPSA) is 65.8 Å².